The molecule has 0 saturated heterocycles. The highest BCUT2D eigenvalue weighted by atomic mass is 16.3. The minimum Gasteiger partial charge on any atom is -0.388 e. The maximum atomic E-state index is 13.0. The number of imide groups is 1. The number of carbonyl (C=O) groups is 3. The summed E-state index contributed by atoms with van der Waals surface area (Å²) in [6, 6.07) is 14.2. The van der Waals surface area contributed by atoms with E-state index in [9.17, 15) is 24.6 Å². The second-order valence-electron chi connectivity index (χ2n) is 8.74. The number of carbonyl (C=O) groups excluding carboxylic acids is 3. The molecule has 162 valence electrons. The molecule has 0 bridgehead atoms. The minimum atomic E-state index is -1.47. The molecule has 2 amide bonds. The van der Waals surface area contributed by atoms with Gasteiger partial charge in [0.15, 0.2) is 5.78 Å². The molecule has 1 fully saturated rings. The number of aromatic nitrogens is 2. The second-order valence-corrected chi connectivity index (χ2v) is 8.74. The van der Waals surface area contributed by atoms with Gasteiger partial charge in [-0.25, -0.2) is 0 Å². The van der Waals surface area contributed by atoms with E-state index in [4.69, 9.17) is 0 Å². The number of H-pyrrole nitrogens is 1. The molecule has 33 heavy (non-hydrogen) atoms. The number of rotatable bonds is 1. The van der Waals surface area contributed by atoms with E-state index >= 15 is 0 Å². The quantitative estimate of drug-likeness (QED) is 0.299. The zero-order valence-electron chi connectivity index (χ0n) is 17.1. The van der Waals surface area contributed by atoms with Crippen molar-refractivity contribution in [3.8, 4) is 0 Å². The standard InChI is InChI=1S/C25H17N3O5/c29-15-9-14(22(30)23(15)31)28-13-8-4-2-6-11(13)17-19-18(24(32)27-25(19)33)16-10-5-1-3-7-12(10)26-20(16)21(17)28/h1-8,14,22-23,26,30-31H,9H2,(H,27,32,33)/t14?,22-,23+/m0/s1. The van der Waals surface area contributed by atoms with Crippen LogP contribution in [0.5, 0.6) is 0 Å². The van der Waals surface area contributed by atoms with Gasteiger partial charge in [0.2, 0.25) is 0 Å². The van der Waals surface area contributed by atoms with Crippen LogP contribution in [-0.2, 0) is 4.79 Å². The van der Waals surface area contributed by atoms with Gasteiger partial charge in [-0.15, -0.1) is 0 Å². The van der Waals surface area contributed by atoms with Crippen molar-refractivity contribution in [1.29, 1.82) is 0 Å². The van der Waals surface area contributed by atoms with E-state index in [2.05, 4.69) is 10.3 Å². The maximum absolute atomic E-state index is 13.0. The predicted molar refractivity (Wildman–Crippen MR) is 121 cm³/mol. The maximum Gasteiger partial charge on any atom is 0.259 e. The fraction of sp³-hybridized carbons (Fsp3) is 0.160. The lowest BCUT2D eigenvalue weighted by molar-refractivity contribution is -0.126. The highest BCUT2D eigenvalue weighted by molar-refractivity contribution is 6.39. The molecule has 8 heteroatoms. The summed E-state index contributed by atoms with van der Waals surface area (Å²) in [6.45, 7) is 0. The van der Waals surface area contributed by atoms with Crippen molar-refractivity contribution < 1.29 is 24.6 Å². The van der Waals surface area contributed by atoms with Crippen LogP contribution in [0.4, 0.5) is 0 Å². The van der Waals surface area contributed by atoms with Gasteiger partial charge in [-0.3, -0.25) is 19.7 Å². The number of ketones is 1. The normalized spacial score (nSPS) is 22.8. The van der Waals surface area contributed by atoms with Crippen molar-refractivity contribution in [2.24, 2.45) is 0 Å². The molecule has 3 atom stereocenters. The molecule has 1 unspecified atom stereocenters. The van der Waals surface area contributed by atoms with E-state index in [-0.39, 0.29) is 6.42 Å². The number of aromatic amines is 1. The van der Waals surface area contributed by atoms with Crippen LogP contribution in [0.25, 0.3) is 43.6 Å². The van der Waals surface area contributed by atoms with Gasteiger partial charge >= 0.3 is 0 Å². The largest absolute Gasteiger partial charge is 0.388 e. The third kappa shape index (κ3) is 2.14. The number of aliphatic hydroxyl groups excluding tert-OH is 2. The number of hydrogen-bond donors (Lipinski definition) is 4. The Balaban J connectivity index is 1.78. The number of para-hydroxylation sites is 2. The Labute approximate surface area is 185 Å². The molecule has 5 aromatic rings. The zero-order valence-corrected chi connectivity index (χ0v) is 17.1. The highest BCUT2D eigenvalue weighted by Gasteiger charge is 2.44. The van der Waals surface area contributed by atoms with Crippen LogP contribution >= 0.6 is 0 Å². The van der Waals surface area contributed by atoms with Gasteiger partial charge in [0.05, 0.1) is 28.2 Å². The summed E-state index contributed by atoms with van der Waals surface area (Å²) in [6.07, 6.45) is -2.80. The Bertz CT molecular complexity index is 1730. The number of aliphatic hydroxyl groups is 2. The summed E-state index contributed by atoms with van der Waals surface area (Å²) in [4.78, 5) is 41.7. The molecule has 0 spiro atoms. The van der Waals surface area contributed by atoms with Gasteiger partial charge in [-0.2, -0.15) is 0 Å². The SMILES string of the molecule is O=C1NC(=O)c2c1c1c3ccccc3[nH]c1c1c2c2ccccc2n1C1CC(=O)[C@@H](O)[C@H]1O. The van der Waals surface area contributed by atoms with Crippen molar-refractivity contribution in [1.82, 2.24) is 14.9 Å². The first-order valence-corrected chi connectivity index (χ1v) is 10.7. The van der Waals surface area contributed by atoms with E-state index in [1.54, 1.807) is 0 Å². The van der Waals surface area contributed by atoms with Crippen molar-refractivity contribution in [2.45, 2.75) is 24.7 Å². The predicted octanol–water partition coefficient (Wildman–Crippen LogP) is 2.55. The lowest BCUT2D eigenvalue weighted by Gasteiger charge is -2.20. The number of nitrogens with one attached hydrogen (secondary N) is 2. The van der Waals surface area contributed by atoms with Gasteiger partial charge < -0.3 is 19.8 Å². The second kappa shape index (κ2) is 6.06. The molecule has 1 aliphatic heterocycles. The van der Waals surface area contributed by atoms with Crippen LogP contribution in [0, 0.1) is 0 Å². The minimum absolute atomic E-state index is 0.0416. The van der Waals surface area contributed by atoms with Gasteiger partial charge in [0.1, 0.15) is 12.2 Å². The van der Waals surface area contributed by atoms with Gasteiger partial charge in [-0.1, -0.05) is 36.4 Å². The molecule has 1 saturated carbocycles. The van der Waals surface area contributed by atoms with Crippen molar-refractivity contribution in [3.63, 3.8) is 0 Å². The molecule has 2 aromatic heterocycles. The molecular formula is C25H17N3O5. The molecule has 1 aliphatic carbocycles. The highest BCUT2D eigenvalue weighted by Crippen LogP contribution is 2.46. The molecule has 0 radical (unpaired) electrons. The van der Waals surface area contributed by atoms with Gasteiger partial charge in [-0.05, 0) is 12.1 Å². The molecule has 7 rings (SSSR count). The lowest BCUT2D eigenvalue weighted by atomic mass is 9.96. The first-order chi connectivity index (χ1) is 16.0. The Hall–Kier alpha value is -4.01. The van der Waals surface area contributed by atoms with E-state index in [0.29, 0.717) is 38.4 Å². The molecule has 8 nitrogen and oxygen atoms in total. The molecule has 2 aliphatic rings. The van der Waals surface area contributed by atoms with Crippen LogP contribution < -0.4 is 5.32 Å². The number of Topliss-reactive ketones (excluding diaryl/α,β-unsaturated/α-hetero) is 1. The topological polar surface area (TPSA) is 124 Å². The average molecular weight is 439 g/mol. The van der Waals surface area contributed by atoms with Crippen molar-refractivity contribution in [3.05, 3.63) is 59.7 Å². The molecule has 3 aromatic carbocycles. The Morgan fingerprint density at radius 3 is 2.24 bits per heavy atom. The molecule has 4 N–H and O–H groups in total. The van der Waals surface area contributed by atoms with Crippen molar-refractivity contribution in [2.75, 3.05) is 0 Å². The summed E-state index contributed by atoms with van der Waals surface area (Å²) < 4.78 is 1.84. The van der Waals surface area contributed by atoms with Crippen LogP contribution in [0.1, 0.15) is 33.2 Å². The monoisotopic (exact) mass is 439 g/mol. The molecular weight excluding hydrogens is 422 g/mol. The average Bonchev–Trinajstić information content (AvgIpc) is 3.51. The Morgan fingerprint density at radius 1 is 0.848 bits per heavy atom. The lowest BCUT2D eigenvalue weighted by Crippen LogP contribution is -2.29. The first kappa shape index (κ1) is 18.6. The summed E-state index contributed by atoms with van der Waals surface area (Å²) in [5, 5.41) is 26.2. The number of amides is 2. The van der Waals surface area contributed by atoms with E-state index in [1.165, 1.54) is 0 Å². The van der Waals surface area contributed by atoms with Crippen LogP contribution in [0.15, 0.2) is 48.5 Å². The molecule has 3 heterocycles. The van der Waals surface area contributed by atoms with E-state index in [1.807, 2.05) is 53.1 Å². The zero-order chi connectivity index (χ0) is 22.6. The summed E-state index contributed by atoms with van der Waals surface area (Å²) in [5.74, 6) is -1.35. The number of benzene rings is 3. The number of nitrogens with zero attached hydrogens (tertiary/aromatic N) is 1. The van der Waals surface area contributed by atoms with Crippen molar-refractivity contribution >= 4 is 61.2 Å². The Morgan fingerprint density at radius 2 is 1.52 bits per heavy atom. The van der Waals surface area contributed by atoms with E-state index < -0.39 is 35.8 Å². The number of fused-ring (bicyclic) bond motifs is 10. The fourth-order valence-electron chi connectivity index (χ4n) is 5.71. The van der Waals surface area contributed by atoms with Gasteiger partial charge in [0, 0.05) is 39.0 Å². The van der Waals surface area contributed by atoms with Crippen LogP contribution in [0.3, 0.4) is 0 Å². The fourth-order valence-corrected chi connectivity index (χ4v) is 5.71. The van der Waals surface area contributed by atoms with Crippen LogP contribution in [-0.4, -0.2) is 49.6 Å². The van der Waals surface area contributed by atoms with E-state index in [0.717, 1.165) is 16.3 Å². The van der Waals surface area contributed by atoms with Gasteiger partial charge in [0.25, 0.3) is 11.8 Å². The Kier molecular flexibility index (Phi) is 3.41. The number of hydrogen-bond acceptors (Lipinski definition) is 5. The first-order valence-electron chi connectivity index (χ1n) is 10.7. The summed E-state index contributed by atoms with van der Waals surface area (Å²) in [7, 11) is 0. The third-order valence-electron chi connectivity index (χ3n) is 7.07. The smallest absolute Gasteiger partial charge is 0.259 e. The summed E-state index contributed by atoms with van der Waals surface area (Å²) >= 11 is 0. The summed E-state index contributed by atoms with van der Waals surface area (Å²) in [5.41, 5.74) is 3.39. The van der Waals surface area contributed by atoms with Crippen LogP contribution in [0.2, 0.25) is 0 Å². The third-order valence-corrected chi connectivity index (χ3v) is 7.07.